The van der Waals surface area contributed by atoms with Crippen LogP contribution in [0.5, 0.6) is 0 Å². The lowest BCUT2D eigenvalue weighted by molar-refractivity contribution is -0.365. The molecule has 5 aliphatic rings. The van der Waals surface area contributed by atoms with Gasteiger partial charge < -0.3 is 18.6 Å². The Morgan fingerprint density at radius 3 is 2.59 bits per heavy atom. The average molecular weight is 463 g/mol. The summed E-state index contributed by atoms with van der Waals surface area (Å²) in [6, 6.07) is 0. The van der Waals surface area contributed by atoms with Crippen LogP contribution >= 0.6 is 0 Å². The molecule has 7 atom stereocenters. The lowest BCUT2D eigenvalue weighted by Gasteiger charge is -2.72. The third-order valence-corrected chi connectivity index (χ3v) is 13.8. The van der Waals surface area contributed by atoms with E-state index in [0.717, 1.165) is 12.8 Å². The molecule has 1 spiro atoms. The molecule has 0 N–H and O–H groups in total. The molecule has 2 saturated carbocycles. The SMILES string of the molecule is C#CCC[C@@]1(C)OC(=O)[C@@]2(C(=O)OCC)C3C4CO[C@@]21C3CC[C@H]4O[Si](C)(C)C(C)(C)C. The first-order chi connectivity index (χ1) is 14.8. The monoisotopic (exact) mass is 462 g/mol. The predicted octanol–water partition coefficient (Wildman–Crippen LogP) is 4.08. The van der Waals surface area contributed by atoms with Gasteiger partial charge >= 0.3 is 11.9 Å². The highest BCUT2D eigenvalue weighted by atomic mass is 28.4. The van der Waals surface area contributed by atoms with Gasteiger partial charge in [-0.1, -0.05) is 20.8 Å². The van der Waals surface area contributed by atoms with Crippen molar-refractivity contribution in [2.75, 3.05) is 13.2 Å². The van der Waals surface area contributed by atoms with E-state index in [1.165, 1.54) is 0 Å². The molecule has 0 aromatic rings. The Hall–Kier alpha value is -1.36. The fourth-order valence-electron chi connectivity index (χ4n) is 6.92. The third kappa shape index (κ3) is 2.66. The molecule has 32 heavy (non-hydrogen) atoms. The summed E-state index contributed by atoms with van der Waals surface area (Å²) < 4.78 is 25.0. The summed E-state index contributed by atoms with van der Waals surface area (Å²) in [5, 5.41) is 0.0711. The minimum absolute atomic E-state index is 0.0308. The molecule has 3 saturated heterocycles. The van der Waals surface area contributed by atoms with Crippen molar-refractivity contribution in [3.63, 3.8) is 0 Å². The predicted molar refractivity (Wildman–Crippen MR) is 122 cm³/mol. The van der Waals surface area contributed by atoms with Gasteiger partial charge in [0, 0.05) is 24.7 Å². The number of carbonyl (C=O) groups is 2. The zero-order valence-corrected chi connectivity index (χ0v) is 21.6. The highest BCUT2D eigenvalue weighted by Crippen LogP contribution is 2.78. The first-order valence-corrected chi connectivity index (χ1v) is 14.9. The molecule has 3 unspecified atom stereocenters. The molecular weight excluding hydrogens is 424 g/mol. The van der Waals surface area contributed by atoms with E-state index in [1.807, 2.05) is 6.92 Å². The average Bonchev–Trinajstić information content (AvgIpc) is 2.86. The van der Waals surface area contributed by atoms with Gasteiger partial charge in [-0.25, -0.2) is 0 Å². The van der Waals surface area contributed by atoms with Gasteiger partial charge in [-0.3, -0.25) is 9.59 Å². The van der Waals surface area contributed by atoms with Gasteiger partial charge in [0.25, 0.3) is 0 Å². The summed E-state index contributed by atoms with van der Waals surface area (Å²) in [5.41, 5.74) is -3.37. The molecule has 2 aliphatic carbocycles. The lowest BCUT2D eigenvalue weighted by atomic mass is 9.34. The Bertz CT molecular complexity index is 855. The second-order valence-electron chi connectivity index (χ2n) is 11.7. The topological polar surface area (TPSA) is 71.1 Å². The lowest BCUT2D eigenvalue weighted by Crippen LogP contribution is -2.85. The maximum atomic E-state index is 13.6. The zero-order valence-electron chi connectivity index (χ0n) is 20.6. The Morgan fingerprint density at radius 2 is 2.00 bits per heavy atom. The Morgan fingerprint density at radius 1 is 1.31 bits per heavy atom. The molecule has 5 rings (SSSR count). The van der Waals surface area contributed by atoms with Crippen molar-refractivity contribution in [2.24, 2.45) is 23.2 Å². The number of fused-ring (bicyclic) bond motifs is 1. The van der Waals surface area contributed by atoms with Crippen LogP contribution in [-0.4, -0.2) is 50.8 Å². The Labute approximate surface area is 193 Å². The fraction of sp³-hybridized carbons (Fsp3) is 0.840. The van der Waals surface area contributed by atoms with E-state index in [4.69, 9.17) is 25.1 Å². The van der Waals surface area contributed by atoms with Crippen LogP contribution in [-0.2, 0) is 28.2 Å². The van der Waals surface area contributed by atoms with Crippen LogP contribution in [0, 0.1) is 35.5 Å². The van der Waals surface area contributed by atoms with Gasteiger partial charge in [0.1, 0.15) is 11.2 Å². The van der Waals surface area contributed by atoms with E-state index >= 15 is 0 Å². The minimum atomic E-state index is -2.04. The van der Waals surface area contributed by atoms with E-state index < -0.39 is 36.9 Å². The molecule has 0 amide bonds. The molecule has 0 radical (unpaired) electrons. The Balaban J connectivity index is 1.75. The third-order valence-electron chi connectivity index (χ3n) is 9.27. The van der Waals surface area contributed by atoms with Crippen LogP contribution in [0.3, 0.4) is 0 Å². The molecule has 4 bridgehead atoms. The molecule has 0 aromatic heterocycles. The van der Waals surface area contributed by atoms with Gasteiger partial charge in [0.05, 0.1) is 19.3 Å². The second kappa shape index (κ2) is 7.32. The summed E-state index contributed by atoms with van der Waals surface area (Å²) in [5.74, 6) is 1.49. The summed E-state index contributed by atoms with van der Waals surface area (Å²) in [4.78, 5) is 27.1. The summed E-state index contributed by atoms with van der Waals surface area (Å²) in [7, 11) is -2.04. The number of hydrogen-bond acceptors (Lipinski definition) is 6. The van der Waals surface area contributed by atoms with Crippen LogP contribution in [0.25, 0.3) is 0 Å². The second-order valence-corrected chi connectivity index (χ2v) is 16.4. The number of carbonyl (C=O) groups excluding carboxylic acids is 2. The molecule has 5 fully saturated rings. The summed E-state index contributed by atoms with van der Waals surface area (Å²) >= 11 is 0. The van der Waals surface area contributed by atoms with Crippen LogP contribution in [0.2, 0.25) is 18.1 Å². The van der Waals surface area contributed by atoms with E-state index in [-0.39, 0.29) is 35.5 Å². The first-order valence-electron chi connectivity index (χ1n) is 12.0. The molecule has 0 aromatic carbocycles. The Kier molecular flexibility index (Phi) is 5.44. The number of cyclic esters (lactones) is 1. The van der Waals surface area contributed by atoms with Crippen LogP contribution in [0.15, 0.2) is 0 Å². The number of esters is 2. The van der Waals surface area contributed by atoms with Gasteiger partial charge in [0.2, 0.25) is 5.41 Å². The van der Waals surface area contributed by atoms with Crippen molar-refractivity contribution in [1.29, 1.82) is 0 Å². The van der Waals surface area contributed by atoms with Crippen molar-refractivity contribution in [1.82, 2.24) is 0 Å². The first kappa shape index (κ1) is 23.8. The molecule has 178 valence electrons. The number of hydrogen-bond donors (Lipinski definition) is 0. The maximum Gasteiger partial charge on any atom is 0.327 e. The van der Waals surface area contributed by atoms with Crippen molar-refractivity contribution < 1.29 is 28.2 Å². The van der Waals surface area contributed by atoms with Crippen molar-refractivity contribution in [3.8, 4) is 12.3 Å². The van der Waals surface area contributed by atoms with Crippen molar-refractivity contribution in [3.05, 3.63) is 0 Å². The van der Waals surface area contributed by atoms with Crippen LogP contribution in [0.4, 0.5) is 0 Å². The standard InChI is InChI=1S/C25H38O6Si/c1-9-11-14-23(6)25-17-12-13-18(31-32(7,8)22(3,4)5)16(15-29-25)19(17)24(25,21(27)30-23)20(26)28-10-2/h1,16-19H,10-15H2,2-8H3/t16?,17?,18-,19?,23-,24+,25-/m1/s1. The summed E-state index contributed by atoms with van der Waals surface area (Å²) in [6.45, 7) is 15.5. The molecule has 3 heterocycles. The molecular formula is C25H38O6Si. The smallest absolute Gasteiger partial charge is 0.327 e. The number of rotatable bonds is 6. The van der Waals surface area contributed by atoms with E-state index in [2.05, 4.69) is 39.8 Å². The van der Waals surface area contributed by atoms with Gasteiger partial charge in [-0.05, 0) is 50.7 Å². The van der Waals surface area contributed by atoms with Crippen LogP contribution in [0.1, 0.15) is 60.3 Å². The molecule has 6 nitrogen and oxygen atoms in total. The summed E-state index contributed by atoms with van der Waals surface area (Å²) in [6.07, 6.45) is 8.16. The van der Waals surface area contributed by atoms with E-state index in [0.29, 0.717) is 19.4 Å². The van der Waals surface area contributed by atoms with Gasteiger partial charge in [0.15, 0.2) is 8.32 Å². The van der Waals surface area contributed by atoms with Crippen molar-refractivity contribution >= 4 is 20.3 Å². The highest BCUT2D eigenvalue weighted by Gasteiger charge is 2.94. The van der Waals surface area contributed by atoms with E-state index in [1.54, 1.807) is 6.92 Å². The zero-order chi connectivity index (χ0) is 23.7. The number of ether oxygens (including phenoxy) is 3. The normalized spacial score (nSPS) is 42.4. The fourth-order valence-corrected chi connectivity index (χ4v) is 8.33. The van der Waals surface area contributed by atoms with Crippen molar-refractivity contribution in [2.45, 2.75) is 95.7 Å². The quantitative estimate of drug-likeness (QED) is 0.256. The molecule has 3 aliphatic heterocycles. The molecule has 7 heteroatoms. The number of terminal acetylenes is 1. The van der Waals surface area contributed by atoms with Gasteiger partial charge in [-0.15, -0.1) is 12.3 Å². The highest BCUT2D eigenvalue weighted by molar-refractivity contribution is 6.74. The van der Waals surface area contributed by atoms with Crippen LogP contribution < -0.4 is 0 Å². The minimum Gasteiger partial charge on any atom is -0.465 e. The largest absolute Gasteiger partial charge is 0.465 e. The van der Waals surface area contributed by atoms with E-state index in [9.17, 15) is 9.59 Å². The maximum absolute atomic E-state index is 13.6. The van der Waals surface area contributed by atoms with Gasteiger partial charge in [-0.2, -0.15) is 0 Å².